The van der Waals surface area contributed by atoms with Crippen LogP contribution in [0.2, 0.25) is 0 Å². The number of nitrogens with zero attached hydrogens (tertiary/aromatic N) is 4. The fourth-order valence-electron chi connectivity index (χ4n) is 3.57. The molecule has 4 aromatic rings. The molecule has 0 radical (unpaired) electrons. The molecule has 30 heavy (non-hydrogen) atoms. The third kappa shape index (κ3) is 3.00. The lowest BCUT2D eigenvalue weighted by molar-refractivity contribution is 0.629. The van der Waals surface area contributed by atoms with Crippen LogP contribution in [0.15, 0.2) is 59.7 Å². The van der Waals surface area contributed by atoms with Gasteiger partial charge in [-0.2, -0.15) is 0 Å². The smallest absolute Gasteiger partial charge is 0.266 e. The van der Waals surface area contributed by atoms with Crippen molar-refractivity contribution in [2.45, 2.75) is 13.0 Å². The summed E-state index contributed by atoms with van der Waals surface area (Å²) in [6, 6.07) is 12.8. The van der Waals surface area contributed by atoms with Gasteiger partial charge in [0.05, 0.1) is 29.3 Å². The Labute approximate surface area is 170 Å². The number of benzene rings is 2. The summed E-state index contributed by atoms with van der Waals surface area (Å²) in [7, 11) is 0. The van der Waals surface area contributed by atoms with Crippen molar-refractivity contribution in [3.05, 3.63) is 76.9 Å². The van der Waals surface area contributed by atoms with E-state index in [2.05, 4.69) is 25.9 Å². The van der Waals surface area contributed by atoms with E-state index in [1.54, 1.807) is 0 Å². The van der Waals surface area contributed by atoms with E-state index in [1.807, 2.05) is 37.3 Å². The Hall–Kier alpha value is -4.01. The number of hydrogen-bond donors (Lipinski definition) is 3. The van der Waals surface area contributed by atoms with Crippen LogP contribution in [-0.2, 0) is 0 Å². The second kappa shape index (κ2) is 7.11. The molecular weight excluding hydrogens is 385 g/mol. The Morgan fingerprint density at radius 3 is 2.80 bits per heavy atom. The number of hydrogen-bond acceptors (Lipinski definition) is 7. The fraction of sp³-hybridized carbons (Fsp3) is 0.143. The molecule has 0 spiro atoms. The van der Waals surface area contributed by atoms with Crippen molar-refractivity contribution in [3.63, 3.8) is 0 Å². The minimum absolute atomic E-state index is 0.226. The second-order valence-electron chi connectivity index (χ2n) is 6.95. The zero-order valence-corrected chi connectivity index (χ0v) is 16.1. The average molecular weight is 403 g/mol. The number of para-hydroxylation sites is 1. The largest absolute Gasteiger partial charge is 0.362 e. The Bertz CT molecular complexity index is 1310. The molecule has 5 rings (SSSR count). The van der Waals surface area contributed by atoms with Crippen LogP contribution in [0.3, 0.4) is 0 Å². The summed E-state index contributed by atoms with van der Waals surface area (Å²) < 4.78 is 15.3. The van der Waals surface area contributed by atoms with Gasteiger partial charge in [0, 0.05) is 0 Å². The van der Waals surface area contributed by atoms with Gasteiger partial charge in [0.25, 0.3) is 5.56 Å². The molecule has 0 saturated heterocycles. The summed E-state index contributed by atoms with van der Waals surface area (Å²) in [4.78, 5) is 26.5. The van der Waals surface area contributed by atoms with Crippen LogP contribution in [0.1, 0.15) is 18.8 Å². The molecule has 1 atom stereocenters. The molecule has 0 bridgehead atoms. The summed E-state index contributed by atoms with van der Waals surface area (Å²) in [6.45, 7) is 2.46. The third-order valence-corrected chi connectivity index (χ3v) is 4.98. The van der Waals surface area contributed by atoms with Crippen LogP contribution < -0.4 is 21.5 Å². The molecule has 150 valence electrons. The third-order valence-electron chi connectivity index (χ3n) is 4.98. The van der Waals surface area contributed by atoms with E-state index in [4.69, 9.17) is 4.98 Å². The maximum absolute atomic E-state index is 13.8. The van der Waals surface area contributed by atoms with Gasteiger partial charge in [-0.25, -0.2) is 19.3 Å². The highest BCUT2D eigenvalue weighted by Gasteiger charge is 2.22. The van der Waals surface area contributed by atoms with E-state index in [-0.39, 0.29) is 17.0 Å². The molecule has 8 nitrogen and oxygen atoms in total. The van der Waals surface area contributed by atoms with Crippen molar-refractivity contribution in [2.75, 3.05) is 22.6 Å². The molecule has 0 unspecified atom stereocenters. The number of anilines is 3. The average Bonchev–Trinajstić information content (AvgIpc) is 3.24. The summed E-state index contributed by atoms with van der Waals surface area (Å²) in [5, 5.41) is 9.86. The number of fused-ring (bicyclic) bond motifs is 2. The van der Waals surface area contributed by atoms with Crippen LogP contribution in [0.5, 0.6) is 0 Å². The van der Waals surface area contributed by atoms with E-state index in [0.717, 1.165) is 5.69 Å². The molecule has 1 aliphatic heterocycles. The van der Waals surface area contributed by atoms with Crippen molar-refractivity contribution < 1.29 is 4.39 Å². The second-order valence-corrected chi connectivity index (χ2v) is 6.95. The minimum atomic E-state index is -0.477. The van der Waals surface area contributed by atoms with Crippen LogP contribution in [-0.4, -0.2) is 26.2 Å². The Morgan fingerprint density at radius 2 is 1.97 bits per heavy atom. The summed E-state index contributed by atoms with van der Waals surface area (Å²) in [5.41, 5.74) is 1.52. The standard InChI is InChI=1S/C21H18FN7O/c1-12(27-19-17-18(24-10-23-17)25-11-26-19)20-28-16-8-7-13(22)9-15(16)21(30)29(20)14-5-3-2-4-6-14/h2-9,11-12,23H,10H2,1H3,(H2,24,25,26,27)/t12-/m0/s1. The zero-order chi connectivity index (χ0) is 20.7. The first-order valence-electron chi connectivity index (χ1n) is 9.49. The first kappa shape index (κ1) is 18.0. The van der Waals surface area contributed by atoms with E-state index in [0.29, 0.717) is 35.3 Å². The number of rotatable bonds is 4. The van der Waals surface area contributed by atoms with E-state index in [1.165, 1.54) is 29.1 Å². The highest BCUT2D eigenvalue weighted by atomic mass is 19.1. The van der Waals surface area contributed by atoms with Gasteiger partial charge < -0.3 is 16.0 Å². The van der Waals surface area contributed by atoms with Gasteiger partial charge in [0.15, 0.2) is 11.6 Å². The van der Waals surface area contributed by atoms with Crippen molar-refractivity contribution in [1.82, 2.24) is 19.5 Å². The van der Waals surface area contributed by atoms with E-state index >= 15 is 0 Å². The molecule has 0 aliphatic carbocycles. The molecule has 0 fully saturated rings. The summed E-state index contributed by atoms with van der Waals surface area (Å²) in [5.74, 6) is 1.33. The zero-order valence-electron chi connectivity index (χ0n) is 16.1. The summed E-state index contributed by atoms with van der Waals surface area (Å²) in [6.07, 6.45) is 1.47. The highest BCUT2D eigenvalue weighted by Crippen LogP contribution is 2.32. The number of aromatic nitrogens is 4. The first-order valence-corrected chi connectivity index (χ1v) is 9.49. The molecule has 3 heterocycles. The Morgan fingerprint density at radius 1 is 1.13 bits per heavy atom. The maximum Gasteiger partial charge on any atom is 0.266 e. The Kier molecular flexibility index (Phi) is 4.27. The van der Waals surface area contributed by atoms with Gasteiger partial charge in [-0.1, -0.05) is 18.2 Å². The quantitative estimate of drug-likeness (QED) is 0.481. The van der Waals surface area contributed by atoms with Gasteiger partial charge >= 0.3 is 0 Å². The molecule has 0 amide bonds. The SMILES string of the molecule is C[C@H](Nc1ncnc2c1NCN2)c1nc2ccc(F)cc2c(=O)n1-c1ccccc1. The first-order chi connectivity index (χ1) is 14.6. The van der Waals surface area contributed by atoms with Crippen molar-refractivity contribution in [2.24, 2.45) is 0 Å². The molecule has 3 N–H and O–H groups in total. The number of nitrogens with one attached hydrogen (secondary N) is 3. The predicted molar refractivity (Wildman–Crippen MR) is 113 cm³/mol. The molecule has 2 aromatic carbocycles. The Balaban J connectivity index is 1.67. The van der Waals surface area contributed by atoms with Crippen molar-refractivity contribution >= 4 is 28.2 Å². The van der Waals surface area contributed by atoms with Gasteiger partial charge in [0.2, 0.25) is 0 Å². The van der Waals surface area contributed by atoms with E-state index < -0.39 is 5.82 Å². The van der Waals surface area contributed by atoms with Crippen LogP contribution in [0.25, 0.3) is 16.6 Å². The minimum Gasteiger partial charge on any atom is -0.362 e. The van der Waals surface area contributed by atoms with Gasteiger partial charge in [-0.3, -0.25) is 9.36 Å². The van der Waals surface area contributed by atoms with Crippen molar-refractivity contribution in [3.8, 4) is 5.69 Å². The van der Waals surface area contributed by atoms with E-state index in [9.17, 15) is 9.18 Å². The maximum atomic E-state index is 13.8. The predicted octanol–water partition coefficient (Wildman–Crippen LogP) is 3.28. The lowest BCUT2D eigenvalue weighted by Gasteiger charge is -2.20. The summed E-state index contributed by atoms with van der Waals surface area (Å²) >= 11 is 0. The molecule has 0 saturated carbocycles. The topological polar surface area (TPSA) is 96.8 Å². The number of halogens is 1. The van der Waals surface area contributed by atoms with Gasteiger partial charge in [-0.15, -0.1) is 0 Å². The highest BCUT2D eigenvalue weighted by molar-refractivity contribution is 5.81. The van der Waals surface area contributed by atoms with Crippen LogP contribution >= 0.6 is 0 Å². The normalized spacial score (nSPS) is 13.4. The lowest BCUT2D eigenvalue weighted by atomic mass is 10.2. The molecule has 9 heteroatoms. The van der Waals surface area contributed by atoms with Crippen molar-refractivity contribution in [1.29, 1.82) is 0 Å². The fourth-order valence-corrected chi connectivity index (χ4v) is 3.57. The molecular formula is C21H18FN7O. The monoisotopic (exact) mass is 403 g/mol. The lowest BCUT2D eigenvalue weighted by Crippen LogP contribution is -2.27. The van der Waals surface area contributed by atoms with Crippen LogP contribution in [0.4, 0.5) is 21.7 Å². The molecule has 1 aliphatic rings. The van der Waals surface area contributed by atoms with Gasteiger partial charge in [-0.05, 0) is 37.3 Å². The molecule has 2 aromatic heterocycles. The van der Waals surface area contributed by atoms with Gasteiger partial charge in [0.1, 0.15) is 23.7 Å². The van der Waals surface area contributed by atoms with Crippen LogP contribution in [0, 0.1) is 5.82 Å².